The van der Waals surface area contributed by atoms with E-state index in [1.807, 2.05) is 0 Å². The number of aliphatic hydroxyl groups is 1. The zero-order chi connectivity index (χ0) is 12.6. The number of nitrogens with zero attached hydrogens (tertiary/aromatic N) is 4. The van der Waals surface area contributed by atoms with Gasteiger partial charge in [-0.1, -0.05) is 13.3 Å². The van der Waals surface area contributed by atoms with Crippen LogP contribution in [0, 0.1) is 0 Å². The number of β-amino-alcohol motifs (C(OH)–C–C–N with tert-alkyl or cyclic N) is 1. The molecule has 0 saturated carbocycles. The summed E-state index contributed by atoms with van der Waals surface area (Å²) < 4.78 is 2.26. The van der Waals surface area contributed by atoms with Crippen molar-refractivity contribution in [2.75, 3.05) is 13.1 Å². The lowest BCUT2D eigenvalue weighted by atomic mass is 9.89. The second-order valence-electron chi connectivity index (χ2n) is 5.76. The molecule has 0 bridgehead atoms. The van der Waals surface area contributed by atoms with Crippen molar-refractivity contribution in [2.24, 2.45) is 0 Å². The molecule has 0 spiro atoms. The van der Waals surface area contributed by atoms with E-state index in [0.29, 0.717) is 0 Å². The van der Waals surface area contributed by atoms with Gasteiger partial charge >= 0.3 is 0 Å². The molecule has 0 radical (unpaired) electrons. The Kier molecular flexibility index (Phi) is 3.11. The Bertz CT molecular complexity index is 423. The average Bonchev–Trinajstić information content (AvgIpc) is 2.71. The van der Waals surface area contributed by atoms with E-state index >= 15 is 0 Å². The van der Waals surface area contributed by atoms with E-state index in [4.69, 9.17) is 0 Å². The van der Waals surface area contributed by atoms with E-state index in [9.17, 15) is 5.11 Å². The Hall–Kier alpha value is -0.940. The monoisotopic (exact) mass is 250 g/mol. The molecule has 2 aliphatic heterocycles. The Morgan fingerprint density at radius 3 is 2.89 bits per heavy atom. The van der Waals surface area contributed by atoms with Crippen LogP contribution in [-0.2, 0) is 19.5 Å². The Morgan fingerprint density at radius 2 is 2.11 bits per heavy atom. The number of hydrogen-bond acceptors (Lipinski definition) is 4. The lowest BCUT2D eigenvalue weighted by Crippen LogP contribution is -2.61. The molecule has 18 heavy (non-hydrogen) atoms. The third-order valence-corrected chi connectivity index (χ3v) is 4.05. The Labute approximate surface area is 108 Å². The fourth-order valence-corrected chi connectivity index (χ4v) is 3.21. The first kappa shape index (κ1) is 12.1. The highest BCUT2D eigenvalue weighted by Gasteiger charge is 2.40. The van der Waals surface area contributed by atoms with Crippen LogP contribution in [0.5, 0.6) is 0 Å². The molecule has 100 valence electrons. The largest absolute Gasteiger partial charge is 0.387 e. The molecule has 1 aromatic heterocycles. The van der Waals surface area contributed by atoms with E-state index in [0.717, 1.165) is 57.1 Å². The minimum absolute atomic E-state index is 0.445. The zero-order valence-electron chi connectivity index (χ0n) is 11.1. The zero-order valence-corrected chi connectivity index (χ0v) is 11.1. The summed E-state index contributed by atoms with van der Waals surface area (Å²) in [5.74, 6) is 2.21. The fraction of sp³-hybridized carbons (Fsp3) is 0.846. The van der Waals surface area contributed by atoms with Gasteiger partial charge < -0.3 is 9.67 Å². The lowest BCUT2D eigenvalue weighted by molar-refractivity contribution is -0.107. The molecule has 0 aromatic carbocycles. The summed E-state index contributed by atoms with van der Waals surface area (Å²) in [5.41, 5.74) is -0.445. The van der Waals surface area contributed by atoms with Gasteiger partial charge in [0.2, 0.25) is 0 Å². The summed E-state index contributed by atoms with van der Waals surface area (Å²) in [6.07, 6.45) is 5.48. The molecule has 1 N–H and O–H groups in total. The molecule has 3 rings (SSSR count). The van der Waals surface area contributed by atoms with Crippen molar-refractivity contribution in [1.82, 2.24) is 19.7 Å². The van der Waals surface area contributed by atoms with E-state index in [2.05, 4.69) is 26.6 Å². The van der Waals surface area contributed by atoms with Crippen LogP contribution < -0.4 is 0 Å². The van der Waals surface area contributed by atoms with Gasteiger partial charge in [0, 0.05) is 26.1 Å². The van der Waals surface area contributed by atoms with Gasteiger partial charge in [0.05, 0.1) is 12.1 Å². The van der Waals surface area contributed by atoms with Gasteiger partial charge in [0.1, 0.15) is 11.6 Å². The summed E-state index contributed by atoms with van der Waals surface area (Å²) in [4.78, 5) is 2.27. The molecule has 0 atom stereocenters. The summed E-state index contributed by atoms with van der Waals surface area (Å²) in [6.45, 7) is 5.57. The van der Waals surface area contributed by atoms with Crippen molar-refractivity contribution in [1.29, 1.82) is 0 Å². The van der Waals surface area contributed by atoms with Gasteiger partial charge in [-0.3, -0.25) is 4.90 Å². The first-order valence-corrected chi connectivity index (χ1v) is 7.06. The maximum atomic E-state index is 10.2. The molecule has 0 aliphatic carbocycles. The van der Waals surface area contributed by atoms with Crippen molar-refractivity contribution in [3.63, 3.8) is 0 Å². The third-order valence-electron chi connectivity index (χ3n) is 4.05. The predicted molar refractivity (Wildman–Crippen MR) is 68.1 cm³/mol. The molecule has 5 nitrogen and oxygen atoms in total. The minimum Gasteiger partial charge on any atom is -0.387 e. The lowest BCUT2D eigenvalue weighted by Gasteiger charge is -2.46. The average molecular weight is 250 g/mol. The van der Waals surface area contributed by atoms with Crippen molar-refractivity contribution < 1.29 is 5.11 Å². The highest BCUT2D eigenvalue weighted by Crippen LogP contribution is 2.27. The number of fused-ring (bicyclic) bond motifs is 1. The van der Waals surface area contributed by atoms with E-state index < -0.39 is 5.60 Å². The van der Waals surface area contributed by atoms with E-state index in [1.165, 1.54) is 12.8 Å². The summed E-state index contributed by atoms with van der Waals surface area (Å²) in [6, 6.07) is 0. The van der Waals surface area contributed by atoms with E-state index in [-0.39, 0.29) is 0 Å². The third kappa shape index (κ3) is 2.17. The Balaban J connectivity index is 1.60. The summed E-state index contributed by atoms with van der Waals surface area (Å²) in [7, 11) is 0. The SMILES string of the molecule is CCCC1(O)CN(Cc2nnc3n2CCCC3)C1. The molecular weight excluding hydrogens is 228 g/mol. The molecule has 0 unspecified atom stereocenters. The molecule has 1 saturated heterocycles. The smallest absolute Gasteiger partial charge is 0.147 e. The predicted octanol–water partition coefficient (Wildman–Crippen LogP) is 0.961. The first-order valence-electron chi connectivity index (χ1n) is 7.06. The molecule has 3 heterocycles. The highest BCUT2D eigenvalue weighted by molar-refractivity contribution is 5.02. The molecule has 0 amide bonds. The van der Waals surface area contributed by atoms with Gasteiger partial charge in [0.15, 0.2) is 0 Å². The van der Waals surface area contributed by atoms with Gasteiger partial charge in [-0.2, -0.15) is 0 Å². The molecule has 2 aliphatic rings. The summed E-state index contributed by atoms with van der Waals surface area (Å²) in [5, 5.41) is 18.7. The maximum absolute atomic E-state index is 10.2. The van der Waals surface area contributed by atoms with Gasteiger partial charge in [-0.05, 0) is 19.3 Å². The van der Waals surface area contributed by atoms with Gasteiger partial charge in [-0.15, -0.1) is 10.2 Å². The fourth-order valence-electron chi connectivity index (χ4n) is 3.21. The van der Waals surface area contributed by atoms with Crippen molar-refractivity contribution in [2.45, 2.75) is 57.7 Å². The Morgan fingerprint density at radius 1 is 1.28 bits per heavy atom. The second-order valence-corrected chi connectivity index (χ2v) is 5.76. The van der Waals surface area contributed by atoms with Crippen LogP contribution in [-0.4, -0.2) is 43.5 Å². The van der Waals surface area contributed by atoms with Crippen LogP contribution in [0.15, 0.2) is 0 Å². The minimum atomic E-state index is -0.445. The van der Waals surface area contributed by atoms with Crippen LogP contribution >= 0.6 is 0 Å². The number of hydrogen-bond donors (Lipinski definition) is 1. The summed E-state index contributed by atoms with van der Waals surface area (Å²) >= 11 is 0. The van der Waals surface area contributed by atoms with Gasteiger partial charge in [-0.25, -0.2) is 0 Å². The number of aryl methyl sites for hydroxylation is 1. The molecule has 1 aromatic rings. The second kappa shape index (κ2) is 4.63. The maximum Gasteiger partial charge on any atom is 0.147 e. The molecule has 1 fully saturated rings. The van der Waals surface area contributed by atoms with E-state index in [1.54, 1.807) is 0 Å². The first-order chi connectivity index (χ1) is 8.70. The van der Waals surface area contributed by atoms with Crippen LogP contribution in [0.2, 0.25) is 0 Å². The standard InChI is InChI=1S/C13H22N4O/c1-2-6-13(18)9-16(10-13)8-12-15-14-11-5-3-4-7-17(11)12/h18H,2-10H2,1H3. The van der Waals surface area contributed by atoms with Crippen molar-refractivity contribution in [3.05, 3.63) is 11.6 Å². The quantitative estimate of drug-likeness (QED) is 0.865. The normalized spacial score (nSPS) is 22.6. The number of aromatic nitrogens is 3. The topological polar surface area (TPSA) is 54.2 Å². The highest BCUT2D eigenvalue weighted by atomic mass is 16.3. The van der Waals surface area contributed by atoms with Crippen molar-refractivity contribution >= 4 is 0 Å². The van der Waals surface area contributed by atoms with Crippen LogP contribution in [0.3, 0.4) is 0 Å². The van der Waals surface area contributed by atoms with Crippen molar-refractivity contribution in [3.8, 4) is 0 Å². The van der Waals surface area contributed by atoms with Crippen LogP contribution in [0.1, 0.15) is 44.3 Å². The van der Waals surface area contributed by atoms with Crippen LogP contribution in [0.25, 0.3) is 0 Å². The molecular formula is C13H22N4O. The van der Waals surface area contributed by atoms with Crippen LogP contribution in [0.4, 0.5) is 0 Å². The number of likely N-dealkylation sites (tertiary alicyclic amines) is 1. The van der Waals surface area contributed by atoms with Gasteiger partial charge in [0.25, 0.3) is 0 Å². The molecule has 5 heteroatoms. The number of rotatable bonds is 4.